The van der Waals surface area contributed by atoms with Crippen LogP contribution in [-0.2, 0) is 16.1 Å². The number of amides is 1. The van der Waals surface area contributed by atoms with Crippen LogP contribution in [0.15, 0.2) is 72.8 Å². The predicted octanol–water partition coefficient (Wildman–Crippen LogP) is 5.39. The molecule has 0 aliphatic rings. The summed E-state index contributed by atoms with van der Waals surface area (Å²) in [6.07, 6.45) is 0. The number of fused-ring (bicyclic) bond motifs is 1. The molecule has 3 N–H and O–H groups in total. The number of hydrogen-bond donors (Lipinski definition) is 3. The number of para-hydroxylation sites is 1. The fourth-order valence-corrected chi connectivity index (χ4v) is 3.52. The Kier molecular flexibility index (Phi) is 7.62. The summed E-state index contributed by atoms with van der Waals surface area (Å²) in [6, 6.07) is 20.3. The van der Waals surface area contributed by atoms with Gasteiger partial charge in [-0.25, -0.2) is 9.37 Å². The van der Waals surface area contributed by atoms with Crippen molar-refractivity contribution < 1.29 is 18.7 Å². The van der Waals surface area contributed by atoms with Gasteiger partial charge in [0.05, 0.1) is 5.52 Å². The summed E-state index contributed by atoms with van der Waals surface area (Å²) in [5, 5.41) is 9.91. The molecule has 4 rings (SSSR count). The largest absolute Gasteiger partial charge is 0.459 e. The lowest BCUT2D eigenvalue weighted by Gasteiger charge is -2.19. The molecule has 0 saturated carbocycles. The maximum Gasteiger partial charge on any atom is 0.325 e. The molecule has 1 heterocycles. The van der Waals surface area contributed by atoms with Crippen LogP contribution in [0.5, 0.6) is 0 Å². The van der Waals surface area contributed by atoms with Gasteiger partial charge in [-0.3, -0.25) is 9.59 Å². The van der Waals surface area contributed by atoms with Crippen LogP contribution < -0.4 is 16.0 Å². The molecule has 37 heavy (non-hydrogen) atoms. The number of nitrogens with zero attached hydrogens (tertiary/aromatic N) is 2. The maximum absolute atomic E-state index is 13.1. The fourth-order valence-electron chi connectivity index (χ4n) is 3.52. The van der Waals surface area contributed by atoms with E-state index in [0.717, 1.165) is 16.5 Å². The number of halogens is 1. The average molecular weight is 502 g/mol. The summed E-state index contributed by atoms with van der Waals surface area (Å²) < 4.78 is 18.4. The monoisotopic (exact) mass is 501 g/mol. The highest BCUT2D eigenvalue weighted by Gasteiger charge is 2.16. The zero-order valence-corrected chi connectivity index (χ0v) is 20.8. The van der Waals surface area contributed by atoms with E-state index in [0.29, 0.717) is 29.6 Å². The van der Waals surface area contributed by atoms with Gasteiger partial charge in [-0.1, -0.05) is 24.3 Å². The fraction of sp³-hybridized carbons (Fsp3) is 0.214. The van der Waals surface area contributed by atoms with Crippen LogP contribution in [-0.4, -0.2) is 34.0 Å². The number of rotatable bonds is 8. The normalized spacial score (nSPS) is 11.1. The zero-order chi connectivity index (χ0) is 26.4. The third-order valence-electron chi connectivity index (χ3n) is 5.19. The highest BCUT2D eigenvalue weighted by Crippen LogP contribution is 2.23. The van der Waals surface area contributed by atoms with Crippen molar-refractivity contribution in [2.24, 2.45) is 0 Å². The van der Waals surface area contributed by atoms with Gasteiger partial charge in [0.1, 0.15) is 23.8 Å². The predicted molar refractivity (Wildman–Crippen MR) is 142 cm³/mol. The van der Waals surface area contributed by atoms with Gasteiger partial charge in [-0.2, -0.15) is 4.98 Å². The standard InChI is InChI=1S/C28H28FN5O3/c1-28(2,3)37-24(35)17-31-27-33-23-7-5-4-6-22(23)25(34-27)30-16-18-8-14-21(15-9-18)32-26(36)19-10-12-20(29)13-11-19/h4-15H,16-17H2,1-3H3,(H,32,36)(H2,30,31,33,34). The summed E-state index contributed by atoms with van der Waals surface area (Å²) in [5.41, 5.74) is 2.11. The number of aromatic nitrogens is 2. The van der Waals surface area contributed by atoms with Crippen LogP contribution in [0.4, 0.5) is 21.8 Å². The van der Waals surface area contributed by atoms with Gasteiger partial charge in [0, 0.05) is 23.2 Å². The molecule has 8 nitrogen and oxygen atoms in total. The zero-order valence-electron chi connectivity index (χ0n) is 20.8. The first-order valence-electron chi connectivity index (χ1n) is 11.8. The van der Waals surface area contributed by atoms with Crippen LogP contribution in [0.25, 0.3) is 10.9 Å². The molecule has 0 atom stereocenters. The molecule has 0 unspecified atom stereocenters. The lowest BCUT2D eigenvalue weighted by atomic mass is 10.1. The van der Waals surface area contributed by atoms with E-state index >= 15 is 0 Å². The van der Waals surface area contributed by atoms with E-state index in [2.05, 4.69) is 25.9 Å². The van der Waals surface area contributed by atoms with Crippen molar-refractivity contribution in [2.75, 3.05) is 22.5 Å². The average Bonchev–Trinajstić information content (AvgIpc) is 2.86. The lowest BCUT2D eigenvalue weighted by Crippen LogP contribution is -2.28. The summed E-state index contributed by atoms with van der Waals surface area (Å²) >= 11 is 0. The molecule has 1 amide bonds. The van der Waals surface area contributed by atoms with Crippen LogP contribution >= 0.6 is 0 Å². The van der Waals surface area contributed by atoms with E-state index in [4.69, 9.17) is 4.74 Å². The van der Waals surface area contributed by atoms with Crippen LogP contribution in [0.3, 0.4) is 0 Å². The Morgan fingerprint density at radius 2 is 1.59 bits per heavy atom. The number of carbonyl (C=O) groups excluding carboxylic acids is 2. The first-order chi connectivity index (χ1) is 17.7. The van der Waals surface area contributed by atoms with Crippen molar-refractivity contribution in [3.8, 4) is 0 Å². The van der Waals surface area contributed by atoms with Crippen molar-refractivity contribution in [2.45, 2.75) is 32.9 Å². The van der Waals surface area contributed by atoms with Crippen molar-refractivity contribution in [1.82, 2.24) is 9.97 Å². The number of benzene rings is 3. The Hall–Kier alpha value is -4.53. The van der Waals surface area contributed by atoms with Crippen molar-refractivity contribution in [1.29, 1.82) is 0 Å². The molecule has 0 aliphatic heterocycles. The number of anilines is 3. The first-order valence-corrected chi connectivity index (χ1v) is 11.8. The number of esters is 1. The topological polar surface area (TPSA) is 105 Å². The van der Waals surface area contributed by atoms with Crippen molar-refractivity contribution >= 4 is 40.2 Å². The SMILES string of the molecule is CC(C)(C)OC(=O)CNc1nc(NCc2ccc(NC(=O)c3ccc(F)cc3)cc2)c2ccccc2n1. The second kappa shape index (κ2) is 11.0. The second-order valence-electron chi connectivity index (χ2n) is 9.36. The van der Waals surface area contributed by atoms with E-state index in [1.54, 1.807) is 12.1 Å². The Balaban J connectivity index is 1.41. The van der Waals surface area contributed by atoms with Gasteiger partial charge in [-0.15, -0.1) is 0 Å². The molecule has 4 aromatic rings. The van der Waals surface area contributed by atoms with Gasteiger partial charge in [0.25, 0.3) is 5.91 Å². The first kappa shape index (κ1) is 25.6. The molecule has 0 spiro atoms. The number of ether oxygens (including phenoxy) is 1. The molecule has 0 saturated heterocycles. The van der Waals surface area contributed by atoms with E-state index < -0.39 is 17.4 Å². The molecule has 0 bridgehead atoms. The minimum atomic E-state index is -0.574. The lowest BCUT2D eigenvalue weighted by molar-refractivity contribution is -0.152. The maximum atomic E-state index is 13.1. The summed E-state index contributed by atoms with van der Waals surface area (Å²) in [7, 11) is 0. The molecular weight excluding hydrogens is 473 g/mol. The van der Waals surface area contributed by atoms with E-state index in [9.17, 15) is 14.0 Å². The van der Waals surface area contributed by atoms with Crippen molar-refractivity contribution in [3.05, 3.63) is 89.7 Å². The Morgan fingerprint density at radius 3 is 2.30 bits per heavy atom. The van der Waals surface area contributed by atoms with Gasteiger partial charge >= 0.3 is 5.97 Å². The molecule has 9 heteroatoms. The quantitative estimate of drug-likeness (QED) is 0.278. The summed E-state index contributed by atoms with van der Waals surface area (Å²) in [4.78, 5) is 33.5. The molecular formula is C28H28FN5O3. The highest BCUT2D eigenvalue weighted by atomic mass is 19.1. The Morgan fingerprint density at radius 1 is 0.892 bits per heavy atom. The minimum Gasteiger partial charge on any atom is -0.459 e. The number of carbonyl (C=O) groups is 2. The third-order valence-corrected chi connectivity index (χ3v) is 5.19. The molecule has 0 aliphatic carbocycles. The van der Waals surface area contributed by atoms with E-state index in [1.807, 2.05) is 57.2 Å². The molecule has 1 aromatic heterocycles. The van der Waals surface area contributed by atoms with Crippen LogP contribution in [0, 0.1) is 5.82 Å². The molecule has 0 fully saturated rings. The molecule has 3 aromatic carbocycles. The Labute approximate surface area is 214 Å². The minimum absolute atomic E-state index is 0.0554. The van der Waals surface area contributed by atoms with E-state index in [1.165, 1.54) is 24.3 Å². The Bertz CT molecular complexity index is 1400. The third kappa shape index (κ3) is 7.23. The van der Waals surface area contributed by atoms with Crippen LogP contribution in [0.1, 0.15) is 36.7 Å². The second-order valence-corrected chi connectivity index (χ2v) is 9.36. The molecule has 0 radical (unpaired) electrons. The summed E-state index contributed by atoms with van der Waals surface area (Å²) in [6.45, 7) is 5.85. The van der Waals surface area contributed by atoms with E-state index in [-0.39, 0.29) is 12.5 Å². The highest BCUT2D eigenvalue weighted by molar-refractivity contribution is 6.04. The van der Waals surface area contributed by atoms with Gasteiger partial charge in [0.15, 0.2) is 0 Å². The smallest absolute Gasteiger partial charge is 0.325 e. The van der Waals surface area contributed by atoms with Crippen molar-refractivity contribution in [3.63, 3.8) is 0 Å². The number of nitrogens with one attached hydrogen (secondary N) is 3. The molecule has 190 valence electrons. The van der Waals surface area contributed by atoms with Gasteiger partial charge in [0.2, 0.25) is 5.95 Å². The van der Waals surface area contributed by atoms with Gasteiger partial charge in [-0.05, 0) is 74.9 Å². The summed E-state index contributed by atoms with van der Waals surface area (Å²) in [5.74, 6) is -0.178. The van der Waals surface area contributed by atoms with Gasteiger partial charge < -0.3 is 20.7 Å². The van der Waals surface area contributed by atoms with Crippen LogP contribution in [0.2, 0.25) is 0 Å². The number of hydrogen-bond acceptors (Lipinski definition) is 7.